The minimum absolute atomic E-state index is 0.0779. The van der Waals surface area contributed by atoms with Gasteiger partial charge in [-0.2, -0.15) is 0 Å². The highest BCUT2D eigenvalue weighted by molar-refractivity contribution is 7.92. The van der Waals surface area contributed by atoms with Gasteiger partial charge in [0.1, 0.15) is 18.3 Å². The molecule has 3 rings (SSSR count). The summed E-state index contributed by atoms with van der Waals surface area (Å²) in [5.74, 6) is -0.131. The summed E-state index contributed by atoms with van der Waals surface area (Å²) in [6.45, 7) is 7.41. The molecule has 0 heterocycles. The Hall–Kier alpha value is -3.85. The largest absolute Gasteiger partial charge is 0.497 e. The number of benzene rings is 3. The monoisotopic (exact) mass is 551 g/mol. The van der Waals surface area contributed by atoms with Gasteiger partial charge >= 0.3 is 0 Å². The Morgan fingerprint density at radius 3 is 2.26 bits per heavy atom. The van der Waals surface area contributed by atoms with E-state index in [2.05, 4.69) is 5.32 Å². The summed E-state index contributed by atoms with van der Waals surface area (Å²) in [5, 5.41) is 2.84. The first-order valence-electron chi connectivity index (χ1n) is 12.9. The van der Waals surface area contributed by atoms with E-state index in [0.717, 1.165) is 21.9 Å². The molecule has 1 unspecified atom stereocenters. The van der Waals surface area contributed by atoms with Crippen LogP contribution in [0.4, 0.5) is 5.69 Å². The minimum Gasteiger partial charge on any atom is -0.497 e. The van der Waals surface area contributed by atoms with E-state index in [4.69, 9.17) is 4.74 Å². The van der Waals surface area contributed by atoms with Gasteiger partial charge in [0.2, 0.25) is 11.8 Å². The number of nitrogens with zero attached hydrogens (tertiary/aromatic N) is 2. The molecular formula is C30H37N3O5S. The first-order chi connectivity index (χ1) is 18.6. The second-order valence-electron chi connectivity index (χ2n) is 9.45. The van der Waals surface area contributed by atoms with Crippen LogP contribution in [0.15, 0.2) is 77.7 Å². The summed E-state index contributed by atoms with van der Waals surface area (Å²) >= 11 is 0. The Labute approximate surface area is 231 Å². The zero-order valence-corrected chi connectivity index (χ0v) is 24.0. The van der Waals surface area contributed by atoms with Crippen LogP contribution in [0.3, 0.4) is 0 Å². The number of rotatable bonds is 12. The Kier molecular flexibility index (Phi) is 10.1. The summed E-state index contributed by atoms with van der Waals surface area (Å²) in [6.07, 6.45) is 0.751. The van der Waals surface area contributed by atoms with E-state index < -0.39 is 28.5 Å². The van der Waals surface area contributed by atoms with Crippen LogP contribution >= 0.6 is 0 Å². The smallest absolute Gasteiger partial charge is 0.264 e. The van der Waals surface area contributed by atoms with Gasteiger partial charge in [0, 0.05) is 13.1 Å². The Balaban J connectivity index is 2.04. The normalized spacial score (nSPS) is 11.9. The van der Waals surface area contributed by atoms with E-state index >= 15 is 0 Å². The number of methoxy groups -OCH3 is 1. The first-order valence-corrected chi connectivity index (χ1v) is 14.4. The van der Waals surface area contributed by atoms with Gasteiger partial charge in [-0.05, 0) is 74.2 Å². The Morgan fingerprint density at radius 1 is 0.974 bits per heavy atom. The fraction of sp³-hybridized carbons (Fsp3) is 0.333. The Morgan fingerprint density at radius 2 is 1.64 bits per heavy atom. The lowest BCUT2D eigenvalue weighted by Gasteiger charge is -2.32. The number of sulfonamides is 1. The van der Waals surface area contributed by atoms with Crippen molar-refractivity contribution >= 4 is 27.5 Å². The highest BCUT2D eigenvalue weighted by atomic mass is 32.2. The van der Waals surface area contributed by atoms with Gasteiger partial charge in [0.15, 0.2) is 0 Å². The first kappa shape index (κ1) is 29.7. The van der Waals surface area contributed by atoms with E-state index in [1.165, 1.54) is 17.0 Å². The van der Waals surface area contributed by atoms with Crippen molar-refractivity contribution in [2.24, 2.45) is 0 Å². The average Bonchev–Trinajstić information content (AvgIpc) is 2.94. The molecule has 3 aromatic carbocycles. The third-order valence-corrected chi connectivity index (χ3v) is 8.25. The number of hydrogen-bond acceptors (Lipinski definition) is 5. The van der Waals surface area contributed by atoms with Crippen molar-refractivity contribution in [1.82, 2.24) is 10.2 Å². The maximum atomic E-state index is 14.0. The number of aryl methyl sites for hydroxylation is 2. The molecule has 0 fully saturated rings. The molecule has 1 N–H and O–H groups in total. The van der Waals surface area contributed by atoms with Crippen LogP contribution in [0.5, 0.6) is 5.75 Å². The van der Waals surface area contributed by atoms with Crippen molar-refractivity contribution in [2.75, 3.05) is 24.5 Å². The van der Waals surface area contributed by atoms with E-state index in [1.54, 1.807) is 50.4 Å². The maximum Gasteiger partial charge on any atom is 0.264 e. The number of anilines is 1. The number of hydrogen-bond donors (Lipinski definition) is 1. The summed E-state index contributed by atoms with van der Waals surface area (Å²) in [4.78, 5) is 28.4. The third kappa shape index (κ3) is 7.38. The molecular weight excluding hydrogens is 514 g/mol. The van der Waals surface area contributed by atoms with Gasteiger partial charge in [0.05, 0.1) is 17.7 Å². The molecule has 0 bridgehead atoms. The standard InChI is InChI=1S/C30H37N3O5S/c1-6-18-31-30(35)24(4)32(20-25-14-16-26(38-5)17-15-25)29(34)21-33(28-19-22(2)12-13-23(28)3)39(36,37)27-10-8-7-9-11-27/h7-17,19,24H,6,18,20-21H2,1-5H3,(H,31,35). The molecule has 2 amide bonds. The molecule has 9 heteroatoms. The van der Waals surface area contributed by atoms with Crippen LogP contribution in [-0.4, -0.2) is 51.4 Å². The molecule has 0 aliphatic heterocycles. The molecule has 0 saturated heterocycles. The molecule has 0 radical (unpaired) electrons. The number of carbonyl (C=O) groups is 2. The van der Waals surface area contributed by atoms with Crippen LogP contribution in [0.25, 0.3) is 0 Å². The minimum atomic E-state index is -4.10. The van der Waals surface area contributed by atoms with Gasteiger partial charge in [-0.1, -0.05) is 49.4 Å². The van der Waals surface area contributed by atoms with E-state index in [1.807, 2.05) is 45.0 Å². The highest BCUT2D eigenvalue weighted by Crippen LogP contribution is 2.28. The topological polar surface area (TPSA) is 96.0 Å². The number of carbonyl (C=O) groups excluding carboxylic acids is 2. The molecule has 0 aliphatic carbocycles. The fourth-order valence-corrected chi connectivity index (χ4v) is 5.62. The molecule has 0 saturated carbocycles. The lowest BCUT2D eigenvalue weighted by Crippen LogP contribution is -2.51. The van der Waals surface area contributed by atoms with E-state index in [-0.39, 0.29) is 17.3 Å². The summed E-state index contributed by atoms with van der Waals surface area (Å²) < 4.78 is 34.2. The second kappa shape index (κ2) is 13.3. The van der Waals surface area contributed by atoms with Crippen LogP contribution in [0.1, 0.15) is 37.0 Å². The van der Waals surface area contributed by atoms with Gasteiger partial charge < -0.3 is 15.0 Å². The number of amides is 2. The maximum absolute atomic E-state index is 14.0. The molecule has 3 aromatic rings. The van der Waals surface area contributed by atoms with E-state index in [9.17, 15) is 18.0 Å². The molecule has 1 atom stereocenters. The Bertz CT molecular complexity index is 1380. The predicted octanol–water partition coefficient (Wildman–Crippen LogP) is 4.45. The average molecular weight is 552 g/mol. The molecule has 0 aromatic heterocycles. The summed E-state index contributed by atoms with van der Waals surface area (Å²) in [6, 6.07) is 19.9. The lowest BCUT2D eigenvalue weighted by molar-refractivity contribution is -0.139. The summed E-state index contributed by atoms with van der Waals surface area (Å²) in [5.41, 5.74) is 2.77. The van der Waals surface area contributed by atoms with Crippen molar-refractivity contribution in [3.8, 4) is 5.75 Å². The van der Waals surface area contributed by atoms with Gasteiger partial charge in [-0.3, -0.25) is 13.9 Å². The zero-order chi connectivity index (χ0) is 28.6. The molecule has 208 valence electrons. The molecule has 0 spiro atoms. The van der Waals surface area contributed by atoms with Gasteiger partial charge in [-0.25, -0.2) is 8.42 Å². The third-order valence-electron chi connectivity index (χ3n) is 6.47. The zero-order valence-electron chi connectivity index (χ0n) is 23.2. The molecule has 8 nitrogen and oxygen atoms in total. The molecule has 39 heavy (non-hydrogen) atoms. The SMILES string of the molecule is CCCNC(=O)C(C)N(Cc1ccc(OC)cc1)C(=O)CN(c1cc(C)ccc1C)S(=O)(=O)c1ccccc1. The van der Waals surface area contributed by atoms with Crippen molar-refractivity contribution in [3.05, 3.63) is 89.5 Å². The van der Waals surface area contributed by atoms with Crippen molar-refractivity contribution in [1.29, 1.82) is 0 Å². The van der Waals surface area contributed by atoms with Gasteiger partial charge in [-0.15, -0.1) is 0 Å². The molecule has 0 aliphatic rings. The number of nitrogens with one attached hydrogen (secondary N) is 1. The van der Waals surface area contributed by atoms with Crippen LogP contribution in [0.2, 0.25) is 0 Å². The van der Waals surface area contributed by atoms with Crippen LogP contribution in [-0.2, 0) is 26.2 Å². The van der Waals surface area contributed by atoms with Crippen LogP contribution < -0.4 is 14.4 Å². The number of ether oxygens (including phenoxy) is 1. The second-order valence-corrected chi connectivity index (χ2v) is 11.3. The van der Waals surface area contributed by atoms with Crippen molar-refractivity contribution < 1.29 is 22.7 Å². The summed E-state index contributed by atoms with van der Waals surface area (Å²) in [7, 11) is -2.53. The van der Waals surface area contributed by atoms with Crippen molar-refractivity contribution in [2.45, 2.75) is 51.6 Å². The predicted molar refractivity (Wildman–Crippen MR) is 153 cm³/mol. The fourth-order valence-electron chi connectivity index (χ4n) is 4.13. The van der Waals surface area contributed by atoms with Gasteiger partial charge in [0.25, 0.3) is 10.0 Å². The quantitative estimate of drug-likeness (QED) is 0.359. The lowest BCUT2D eigenvalue weighted by atomic mass is 10.1. The van der Waals surface area contributed by atoms with E-state index in [0.29, 0.717) is 23.5 Å². The van der Waals surface area contributed by atoms with Crippen LogP contribution in [0, 0.1) is 13.8 Å². The van der Waals surface area contributed by atoms with Crippen molar-refractivity contribution in [3.63, 3.8) is 0 Å². The highest BCUT2D eigenvalue weighted by Gasteiger charge is 2.33.